The molecule has 1 N–H and O–H groups in total. The van der Waals surface area contributed by atoms with E-state index in [-0.39, 0.29) is 10.6 Å². The van der Waals surface area contributed by atoms with Crippen molar-refractivity contribution in [2.24, 2.45) is 5.92 Å². The fourth-order valence-corrected chi connectivity index (χ4v) is 2.92. The summed E-state index contributed by atoms with van der Waals surface area (Å²) < 4.78 is 0. The molecule has 106 valence electrons. The van der Waals surface area contributed by atoms with Gasteiger partial charge in [-0.15, -0.1) is 0 Å². The van der Waals surface area contributed by atoms with Crippen LogP contribution in [-0.4, -0.2) is 17.2 Å². The van der Waals surface area contributed by atoms with Crippen molar-refractivity contribution in [3.63, 3.8) is 0 Å². The fraction of sp³-hybridized carbons (Fsp3) is 0.571. The molecule has 1 aromatic carbocycles. The molecule has 0 fully saturated rings. The largest absolute Gasteiger partial charge is 0.385 e. The van der Waals surface area contributed by atoms with Crippen molar-refractivity contribution >= 4 is 23.1 Å². The monoisotopic (exact) mass is 282 g/mol. The van der Waals surface area contributed by atoms with Crippen LogP contribution in [0.2, 0.25) is 0 Å². The van der Waals surface area contributed by atoms with E-state index in [4.69, 9.17) is 0 Å². The van der Waals surface area contributed by atoms with Gasteiger partial charge in [0.05, 0.1) is 4.92 Å². The second-order valence-corrected chi connectivity index (χ2v) is 5.97. The highest BCUT2D eigenvalue weighted by Gasteiger charge is 2.10. The molecule has 0 aliphatic rings. The number of thioether (sulfide) groups is 1. The van der Waals surface area contributed by atoms with Crippen molar-refractivity contribution in [3.05, 3.63) is 33.9 Å². The van der Waals surface area contributed by atoms with Crippen molar-refractivity contribution in [3.8, 4) is 0 Å². The van der Waals surface area contributed by atoms with Crippen molar-refractivity contribution in [2.45, 2.75) is 32.9 Å². The second kappa shape index (κ2) is 8.04. The third-order valence-electron chi connectivity index (χ3n) is 2.76. The first kappa shape index (κ1) is 15.8. The van der Waals surface area contributed by atoms with E-state index in [2.05, 4.69) is 19.2 Å². The standard InChI is InChI=1S/C14H22N2O2S/c1-4-15-14-6-5-13(16(17)18)9-12(14)10-19-8-7-11(2)3/h5-6,9,11,15H,4,7-8,10H2,1-3H3. The van der Waals surface area contributed by atoms with Gasteiger partial charge in [0.1, 0.15) is 0 Å². The van der Waals surface area contributed by atoms with Crippen LogP contribution in [0.15, 0.2) is 18.2 Å². The summed E-state index contributed by atoms with van der Waals surface area (Å²) in [7, 11) is 0. The molecule has 1 rings (SSSR count). The Balaban J connectivity index is 2.71. The summed E-state index contributed by atoms with van der Waals surface area (Å²) in [5, 5.41) is 14.1. The average molecular weight is 282 g/mol. The third-order valence-corrected chi connectivity index (χ3v) is 3.80. The van der Waals surface area contributed by atoms with Gasteiger partial charge in [0, 0.05) is 30.1 Å². The van der Waals surface area contributed by atoms with Gasteiger partial charge in [-0.05, 0) is 36.6 Å². The van der Waals surface area contributed by atoms with Crippen molar-refractivity contribution in [2.75, 3.05) is 17.6 Å². The SMILES string of the molecule is CCNc1ccc([N+](=O)[O-])cc1CSCCC(C)C. The molecule has 0 atom stereocenters. The predicted molar refractivity (Wildman–Crippen MR) is 82.9 cm³/mol. The van der Waals surface area contributed by atoms with Gasteiger partial charge < -0.3 is 5.32 Å². The lowest BCUT2D eigenvalue weighted by Crippen LogP contribution is -2.01. The minimum Gasteiger partial charge on any atom is -0.385 e. The van der Waals surface area contributed by atoms with Gasteiger partial charge in [-0.1, -0.05) is 13.8 Å². The number of nitro benzene ring substituents is 1. The van der Waals surface area contributed by atoms with E-state index in [1.54, 1.807) is 18.2 Å². The highest BCUT2D eigenvalue weighted by atomic mass is 32.2. The molecule has 0 unspecified atom stereocenters. The van der Waals surface area contributed by atoms with Crippen LogP contribution in [0, 0.1) is 16.0 Å². The molecule has 0 aliphatic carbocycles. The predicted octanol–water partition coefficient (Wildman–Crippen LogP) is 4.31. The molecular formula is C14H22N2O2S. The van der Waals surface area contributed by atoms with E-state index in [0.717, 1.165) is 29.3 Å². The van der Waals surface area contributed by atoms with Crippen LogP contribution in [0.25, 0.3) is 0 Å². The summed E-state index contributed by atoms with van der Waals surface area (Å²) in [6, 6.07) is 5.04. The molecule has 0 saturated carbocycles. The van der Waals surface area contributed by atoms with Crippen molar-refractivity contribution in [1.82, 2.24) is 0 Å². The minimum absolute atomic E-state index is 0.168. The van der Waals surface area contributed by atoms with Gasteiger partial charge in [-0.25, -0.2) is 0 Å². The van der Waals surface area contributed by atoms with Gasteiger partial charge in [0.25, 0.3) is 5.69 Å². The maximum atomic E-state index is 10.8. The lowest BCUT2D eigenvalue weighted by atomic mass is 10.2. The summed E-state index contributed by atoms with van der Waals surface area (Å²) in [6.45, 7) is 7.26. The van der Waals surface area contributed by atoms with Crippen LogP contribution in [0.5, 0.6) is 0 Å². The molecule has 0 bridgehead atoms. The molecule has 19 heavy (non-hydrogen) atoms. The van der Waals surface area contributed by atoms with Gasteiger partial charge in [-0.3, -0.25) is 10.1 Å². The number of hydrogen-bond acceptors (Lipinski definition) is 4. The first-order valence-electron chi connectivity index (χ1n) is 6.63. The molecule has 0 heterocycles. The Kier molecular flexibility index (Phi) is 6.70. The van der Waals surface area contributed by atoms with E-state index in [1.165, 1.54) is 6.42 Å². The zero-order valence-corrected chi connectivity index (χ0v) is 12.6. The lowest BCUT2D eigenvalue weighted by Gasteiger charge is -2.11. The lowest BCUT2D eigenvalue weighted by molar-refractivity contribution is -0.384. The third kappa shape index (κ3) is 5.51. The number of rotatable bonds is 8. The number of non-ortho nitro benzene ring substituents is 1. The zero-order valence-electron chi connectivity index (χ0n) is 11.8. The van der Waals surface area contributed by atoms with E-state index < -0.39 is 0 Å². The van der Waals surface area contributed by atoms with Crippen molar-refractivity contribution in [1.29, 1.82) is 0 Å². The van der Waals surface area contributed by atoms with Crippen LogP contribution in [0.1, 0.15) is 32.8 Å². The molecule has 0 radical (unpaired) electrons. The number of nitro groups is 1. The molecule has 4 nitrogen and oxygen atoms in total. The first-order valence-corrected chi connectivity index (χ1v) is 7.79. The van der Waals surface area contributed by atoms with Gasteiger partial charge in [0.2, 0.25) is 0 Å². The van der Waals surface area contributed by atoms with Crippen molar-refractivity contribution < 1.29 is 4.92 Å². The first-order chi connectivity index (χ1) is 9.04. The second-order valence-electron chi connectivity index (χ2n) is 4.86. The minimum atomic E-state index is -0.335. The number of nitrogens with one attached hydrogen (secondary N) is 1. The Bertz CT molecular complexity index is 422. The number of anilines is 1. The van der Waals surface area contributed by atoms with E-state index >= 15 is 0 Å². The zero-order chi connectivity index (χ0) is 14.3. The highest BCUT2D eigenvalue weighted by Crippen LogP contribution is 2.26. The summed E-state index contributed by atoms with van der Waals surface area (Å²) in [5.74, 6) is 2.61. The van der Waals surface area contributed by atoms with Crippen LogP contribution < -0.4 is 5.32 Å². The molecule has 5 heteroatoms. The normalized spacial score (nSPS) is 10.7. The maximum absolute atomic E-state index is 10.8. The van der Waals surface area contributed by atoms with Crippen LogP contribution in [0.4, 0.5) is 11.4 Å². The molecule has 0 amide bonds. The van der Waals surface area contributed by atoms with Gasteiger partial charge >= 0.3 is 0 Å². The molecule has 0 aliphatic heterocycles. The average Bonchev–Trinajstić information content (AvgIpc) is 2.36. The quantitative estimate of drug-likeness (QED) is 0.438. The van der Waals surface area contributed by atoms with E-state index in [0.29, 0.717) is 5.92 Å². The molecule has 0 aromatic heterocycles. The number of benzene rings is 1. The number of hydrogen-bond donors (Lipinski definition) is 1. The van der Waals surface area contributed by atoms with E-state index in [9.17, 15) is 10.1 Å². The number of nitrogens with zero attached hydrogens (tertiary/aromatic N) is 1. The summed E-state index contributed by atoms with van der Waals surface area (Å²) in [5.41, 5.74) is 2.19. The van der Waals surface area contributed by atoms with Crippen LogP contribution in [0.3, 0.4) is 0 Å². The summed E-state index contributed by atoms with van der Waals surface area (Å²) in [6.07, 6.45) is 1.18. The molecule has 0 saturated heterocycles. The van der Waals surface area contributed by atoms with Crippen LogP contribution in [-0.2, 0) is 5.75 Å². The smallest absolute Gasteiger partial charge is 0.269 e. The molecule has 1 aromatic rings. The Morgan fingerprint density at radius 1 is 1.42 bits per heavy atom. The topological polar surface area (TPSA) is 55.2 Å². The Morgan fingerprint density at radius 2 is 2.16 bits per heavy atom. The maximum Gasteiger partial charge on any atom is 0.269 e. The van der Waals surface area contributed by atoms with Gasteiger partial charge in [-0.2, -0.15) is 11.8 Å². The Hall–Kier alpha value is -1.23. The highest BCUT2D eigenvalue weighted by molar-refractivity contribution is 7.98. The van der Waals surface area contributed by atoms with Gasteiger partial charge in [0.15, 0.2) is 0 Å². The van der Waals surface area contributed by atoms with E-state index in [1.807, 2.05) is 18.7 Å². The molecular weight excluding hydrogens is 260 g/mol. The summed E-state index contributed by atoms with van der Waals surface area (Å²) in [4.78, 5) is 10.5. The fourth-order valence-electron chi connectivity index (χ4n) is 1.68. The Labute approximate surface area is 119 Å². The summed E-state index contributed by atoms with van der Waals surface area (Å²) >= 11 is 1.83. The van der Waals surface area contributed by atoms with Crippen LogP contribution >= 0.6 is 11.8 Å². The molecule has 0 spiro atoms. The Morgan fingerprint density at radius 3 is 2.74 bits per heavy atom.